The van der Waals surface area contributed by atoms with Crippen molar-refractivity contribution in [1.29, 1.82) is 0 Å². The SMILES string of the molecule is COc1cccc(Nc2ccc(C(=O)NCCc3cccc(Cl)c3)nc2)c1. The van der Waals surface area contributed by atoms with Gasteiger partial charge in [0.1, 0.15) is 11.4 Å². The highest BCUT2D eigenvalue weighted by molar-refractivity contribution is 6.30. The Balaban J connectivity index is 1.53. The van der Waals surface area contributed by atoms with E-state index >= 15 is 0 Å². The first-order valence-electron chi connectivity index (χ1n) is 8.54. The highest BCUT2D eigenvalue weighted by atomic mass is 35.5. The van der Waals surface area contributed by atoms with Crippen LogP contribution in [0.3, 0.4) is 0 Å². The molecule has 1 amide bonds. The van der Waals surface area contributed by atoms with Crippen LogP contribution >= 0.6 is 11.6 Å². The molecule has 6 heteroatoms. The average molecular weight is 382 g/mol. The molecule has 3 rings (SSSR count). The maximum atomic E-state index is 12.2. The monoisotopic (exact) mass is 381 g/mol. The standard InChI is InChI=1S/C21H20ClN3O2/c1-27-19-7-3-6-17(13-19)25-18-8-9-20(24-14-18)21(26)23-11-10-15-4-2-5-16(22)12-15/h2-9,12-14,25H,10-11H2,1H3,(H,23,26). The predicted octanol–water partition coefficient (Wildman–Crippen LogP) is 4.46. The number of hydrogen-bond acceptors (Lipinski definition) is 4. The fourth-order valence-corrected chi connectivity index (χ4v) is 2.79. The van der Waals surface area contributed by atoms with E-state index in [-0.39, 0.29) is 5.91 Å². The Kier molecular flexibility index (Phi) is 6.28. The molecule has 138 valence electrons. The molecule has 1 aromatic heterocycles. The quantitative estimate of drug-likeness (QED) is 0.634. The maximum absolute atomic E-state index is 12.2. The first-order chi connectivity index (χ1) is 13.1. The number of nitrogens with zero attached hydrogens (tertiary/aromatic N) is 1. The molecule has 0 unspecified atom stereocenters. The summed E-state index contributed by atoms with van der Waals surface area (Å²) in [5.41, 5.74) is 3.12. The summed E-state index contributed by atoms with van der Waals surface area (Å²) >= 11 is 5.96. The zero-order valence-electron chi connectivity index (χ0n) is 14.9. The maximum Gasteiger partial charge on any atom is 0.269 e. The zero-order chi connectivity index (χ0) is 19.1. The van der Waals surface area contributed by atoms with E-state index in [4.69, 9.17) is 16.3 Å². The summed E-state index contributed by atoms with van der Waals surface area (Å²) in [6, 6.07) is 18.7. The number of halogens is 1. The third-order valence-corrected chi connectivity index (χ3v) is 4.18. The van der Waals surface area contributed by atoms with Gasteiger partial charge in [-0.05, 0) is 48.4 Å². The second-order valence-corrected chi connectivity index (χ2v) is 6.36. The average Bonchev–Trinajstić information content (AvgIpc) is 2.69. The molecule has 0 aliphatic rings. The van der Waals surface area contributed by atoms with Crippen molar-refractivity contribution in [1.82, 2.24) is 10.3 Å². The minimum Gasteiger partial charge on any atom is -0.497 e. The van der Waals surface area contributed by atoms with E-state index in [0.29, 0.717) is 23.7 Å². The van der Waals surface area contributed by atoms with Gasteiger partial charge in [0.25, 0.3) is 5.91 Å². The summed E-state index contributed by atoms with van der Waals surface area (Å²) in [5, 5.41) is 6.79. The molecule has 2 aromatic carbocycles. The van der Waals surface area contributed by atoms with Crippen molar-refractivity contribution in [2.45, 2.75) is 6.42 Å². The molecule has 1 heterocycles. The van der Waals surface area contributed by atoms with E-state index < -0.39 is 0 Å². The van der Waals surface area contributed by atoms with Gasteiger partial charge in [-0.3, -0.25) is 4.79 Å². The number of ether oxygens (including phenoxy) is 1. The lowest BCUT2D eigenvalue weighted by Gasteiger charge is -2.09. The number of nitrogens with one attached hydrogen (secondary N) is 2. The number of methoxy groups -OCH3 is 1. The Morgan fingerprint density at radius 1 is 1.07 bits per heavy atom. The molecular formula is C21H20ClN3O2. The van der Waals surface area contributed by atoms with E-state index in [1.54, 1.807) is 19.4 Å². The second-order valence-electron chi connectivity index (χ2n) is 5.92. The Hall–Kier alpha value is -3.05. The van der Waals surface area contributed by atoms with Gasteiger partial charge < -0.3 is 15.4 Å². The molecule has 0 saturated carbocycles. The fourth-order valence-electron chi connectivity index (χ4n) is 2.57. The van der Waals surface area contributed by atoms with Crippen LogP contribution in [0, 0.1) is 0 Å². The predicted molar refractivity (Wildman–Crippen MR) is 108 cm³/mol. The number of carbonyl (C=O) groups is 1. The molecule has 5 nitrogen and oxygen atoms in total. The molecule has 0 radical (unpaired) electrons. The minimum absolute atomic E-state index is 0.204. The van der Waals surface area contributed by atoms with Crippen LogP contribution in [0.2, 0.25) is 5.02 Å². The van der Waals surface area contributed by atoms with E-state index in [2.05, 4.69) is 15.6 Å². The van der Waals surface area contributed by atoms with Gasteiger partial charge in [0.05, 0.1) is 19.0 Å². The molecule has 2 N–H and O–H groups in total. The molecule has 27 heavy (non-hydrogen) atoms. The number of pyridine rings is 1. The van der Waals surface area contributed by atoms with E-state index in [9.17, 15) is 4.79 Å². The topological polar surface area (TPSA) is 63.2 Å². The lowest BCUT2D eigenvalue weighted by Crippen LogP contribution is -2.26. The van der Waals surface area contributed by atoms with Crippen LogP contribution in [0.1, 0.15) is 16.1 Å². The molecule has 0 spiro atoms. The summed E-state index contributed by atoms with van der Waals surface area (Å²) in [6.45, 7) is 0.519. The number of amides is 1. The Labute approximate surface area is 163 Å². The summed E-state index contributed by atoms with van der Waals surface area (Å²) in [6.07, 6.45) is 2.34. The van der Waals surface area contributed by atoms with Gasteiger partial charge in [-0.2, -0.15) is 0 Å². The molecule has 0 fully saturated rings. The van der Waals surface area contributed by atoms with Gasteiger partial charge in [-0.1, -0.05) is 29.8 Å². The Bertz CT molecular complexity index is 913. The van der Waals surface area contributed by atoms with Gasteiger partial charge in [0, 0.05) is 23.3 Å². The molecule has 0 aliphatic heterocycles. The molecule has 0 saturated heterocycles. The van der Waals surface area contributed by atoms with Crippen LogP contribution in [-0.2, 0) is 6.42 Å². The summed E-state index contributed by atoms with van der Waals surface area (Å²) in [7, 11) is 1.63. The van der Waals surface area contributed by atoms with E-state index in [1.807, 2.05) is 54.6 Å². The number of benzene rings is 2. The number of aromatic nitrogens is 1. The lowest BCUT2D eigenvalue weighted by molar-refractivity contribution is 0.0949. The number of carbonyl (C=O) groups excluding carboxylic acids is 1. The summed E-state index contributed by atoms with van der Waals surface area (Å²) < 4.78 is 5.20. The number of anilines is 2. The summed E-state index contributed by atoms with van der Waals surface area (Å²) in [4.78, 5) is 16.4. The van der Waals surface area contributed by atoms with Crippen LogP contribution in [0.4, 0.5) is 11.4 Å². The third kappa shape index (κ3) is 5.46. The first-order valence-corrected chi connectivity index (χ1v) is 8.91. The molecule has 0 bridgehead atoms. The molecule has 0 aliphatic carbocycles. The van der Waals surface area contributed by atoms with Crippen LogP contribution < -0.4 is 15.4 Å². The van der Waals surface area contributed by atoms with Crippen molar-refractivity contribution in [3.63, 3.8) is 0 Å². The zero-order valence-corrected chi connectivity index (χ0v) is 15.7. The van der Waals surface area contributed by atoms with Gasteiger partial charge >= 0.3 is 0 Å². The van der Waals surface area contributed by atoms with Crippen molar-refractivity contribution in [2.24, 2.45) is 0 Å². The normalized spacial score (nSPS) is 10.3. The van der Waals surface area contributed by atoms with Crippen molar-refractivity contribution in [3.8, 4) is 5.75 Å². The smallest absolute Gasteiger partial charge is 0.269 e. The molecule has 0 atom stereocenters. The number of rotatable bonds is 7. The van der Waals surface area contributed by atoms with Crippen molar-refractivity contribution in [2.75, 3.05) is 19.0 Å². The largest absolute Gasteiger partial charge is 0.497 e. The Morgan fingerprint density at radius 3 is 2.67 bits per heavy atom. The van der Waals surface area contributed by atoms with Gasteiger partial charge in [0.15, 0.2) is 0 Å². The Morgan fingerprint density at radius 2 is 1.93 bits per heavy atom. The van der Waals surface area contributed by atoms with Gasteiger partial charge in [-0.15, -0.1) is 0 Å². The number of hydrogen-bond donors (Lipinski definition) is 2. The fraction of sp³-hybridized carbons (Fsp3) is 0.143. The van der Waals surface area contributed by atoms with E-state index in [0.717, 1.165) is 22.7 Å². The van der Waals surface area contributed by atoms with E-state index in [1.165, 1.54) is 0 Å². The molecule has 3 aromatic rings. The highest BCUT2D eigenvalue weighted by Crippen LogP contribution is 2.20. The van der Waals surface area contributed by atoms with Gasteiger partial charge in [-0.25, -0.2) is 4.98 Å². The van der Waals surface area contributed by atoms with Crippen LogP contribution in [0.5, 0.6) is 5.75 Å². The highest BCUT2D eigenvalue weighted by Gasteiger charge is 2.07. The van der Waals surface area contributed by atoms with Crippen LogP contribution in [0.25, 0.3) is 0 Å². The second kappa shape index (κ2) is 9.05. The van der Waals surface area contributed by atoms with Crippen LogP contribution in [0.15, 0.2) is 66.9 Å². The van der Waals surface area contributed by atoms with Crippen molar-refractivity contribution < 1.29 is 9.53 Å². The third-order valence-electron chi connectivity index (χ3n) is 3.94. The van der Waals surface area contributed by atoms with Crippen LogP contribution in [-0.4, -0.2) is 24.5 Å². The van der Waals surface area contributed by atoms with Crippen molar-refractivity contribution >= 4 is 28.9 Å². The lowest BCUT2D eigenvalue weighted by atomic mass is 10.1. The minimum atomic E-state index is -0.204. The molecular weight excluding hydrogens is 362 g/mol. The first kappa shape index (κ1) is 18.7. The summed E-state index contributed by atoms with van der Waals surface area (Å²) in [5.74, 6) is 0.564. The van der Waals surface area contributed by atoms with Crippen molar-refractivity contribution in [3.05, 3.63) is 83.1 Å². The van der Waals surface area contributed by atoms with Gasteiger partial charge in [0.2, 0.25) is 0 Å².